The van der Waals surface area contributed by atoms with Crippen LogP contribution in [0.1, 0.15) is 18.4 Å². The smallest absolute Gasteiger partial charge is 0.320 e. The van der Waals surface area contributed by atoms with Crippen molar-refractivity contribution in [3.63, 3.8) is 0 Å². The molecule has 0 saturated carbocycles. The highest BCUT2D eigenvalue weighted by Crippen LogP contribution is 2.17. The van der Waals surface area contributed by atoms with E-state index in [1.165, 1.54) is 0 Å². The number of β-amino-alcohol motifs (C(OH)–C–C–N with tert-alkyl or cyclic N) is 1. The number of benzene rings is 1. The van der Waals surface area contributed by atoms with Crippen molar-refractivity contribution >= 4 is 5.97 Å². The van der Waals surface area contributed by atoms with Crippen LogP contribution in [0.5, 0.6) is 0 Å². The number of carbonyl (C=O) groups is 1. The summed E-state index contributed by atoms with van der Waals surface area (Å²) >= 11 is 0. The Morgan fingerprint density at radius 1 is 1.40 bits per heavy atom. The first-order valence-corrected chi connectivity index (χ1v) is 6.93. The lowest BCUT2D eigenvalue weighted by Crippen LogP contribution is -2.41. The van der Waals surface area contributed by atoms with Crippen molar-refractivity contribution in [3.05, 3.63) is 35.9 Å². The molecule has 0 amide bonds. The summed E-state index contributed by atoms with van der Waals surface area (Å²) in [5.41, 5.74) is 1.06. The van der Waals surface area contributed by atoms with Crippen LogP contribution in [-0.4, -0.2) is 52.9 Å². The number of nitrogens with zero attached hydrogens (tertiary/aromatic N) is 1. The van der Waals surface area contributed by atoms with E-state index in [9.17, 15) is 9.90 Å². The number of aliphatic carboxylic acids is 1. The molecule has 1 heterocycles. The summed E-state index contributed by atoms with van der Waals surface area (Å²) < 4.78 is 5.46. The van der Waals surface area contributed by atoms with Gasteiger partial charge in [-0.15, -0.1) is 0 Å². The first-order valence-electron chi connectivity index (χ1n) is 6.93. The van der Waals surface area contributed by atoms with Gasteiger partial charge in [-0.1, -0.05) is 30.3 Å². The minimum atomic E-state index is -0.806. The van der Waals surface area contributed by atoms with Gasteiger partial charge >= 0.3 is 5.97 Å². The minimum absolute atomic E-state index is 0.220. The van der Waals surface area contributed by atoms with E-state index in [1.54, 1.807) is 0 Å². The number of rotatable bonds is 7. The molecular weight excluding hydrogens is 258 g/mol. The minimum Gasteiger partial charge on any atom is -0.480 e. The first kappa shape index (κ1) is 15.0. The number of likely N-dealkylation sites (tertiary alicyclic amines) is 1. The molecule has 0 bridgehead atoms. The standard InChI is InChI=1S/C15H21NO4/c17-13(9-16-8-4-7-14(16)15(18)19)11-20-10-12-5-2-1-3-6-12/h1-3,5-6,13-14,17H,4,7-11H2,(H,18,19). The molecule has 5 heteroatoms. The highest BCUT2D eigenvalue weighted by atomic mass is 16.5. The summed E-state index contributed by atoms with van der Waals surface area (Å²) in [6.45, 7) is 1.76. The number of carboxylic acids is 1. The van der Waals surface area contributed by atoms with Crippen LogP contribution in [0.2, 0.25) is 0 Å². The maximum atomic E-state index is 11.0. The Hall–Kier alpha value is -1.43. The van der Waals surface area contributed by atoms with E-state index in [-0.39, 0.29) is 6.61 Å². The number of aliphatic hydroxyl groups is 1. The third-order valence-corrected chi connectivity index (χ3v) is 3.52. The second kappa shape index (κ2) is 7.38. The Bertz CT molecular complexity index is 423. The lowest BCUT2D eigenvalue weighted by Gasteiger charge is -2.23. The molecule has 0 aromatic heterocycles. The van der Waals surface area contributed by atoms with Gasteiger partial charge in [-0.3, -0.25) is 9.69 Å². The summed E-state index contributed by atoms with van der Waals surface area (Å²) in [5.74, 6) is -0.806. The molecule has 0 spiro atoms. The maximum absolute atomic E-state index is 11.0. The number of ether oxygens (including phenoxy) is 1. The van der Waals surface area contributed by atoms with E-state index in [0.717, 1.165) is 18.5 Å². The van der Waals surface area contributed by atoms with E-state index >= 15 is 0 Å². The zero-order valence-corrected chi connectivity index (χ0v) is 11.4. The second-order valence-corrected chi connectivity index (χ2v) is 5.15. The van der Waals surface area contributed by atoms with Crippen LogP contribution in [0.15, 0.2) is 30.3 Å². The SMILES string of the molecule is O=C(O)C1CCCN1CC(O)COCc1ccccc1. The predicted molar refractivity (Wildman–Crippen MR) is 74.3 cm³/mol. The van der Waals surface area contributed by atoms with Crippen LogP contribution in [-0.2, 0) is 16.1 Å². The van der Waals surface area contributed by atoms with E-state index in [2.05, 4.69) is 0 Å². The van der Waals surface area contributed by atoms with Crippen LogP contribution < -0.4 is 0 Å². The summed E-state index contributed by atoms with van der Waals surface area (Å²) in [6.07, 6.45) is 0.875. The van der Waals surface area contributed by atoms with Crippen LogP contribution in [0.25, 0.3) is 0 Å². The van der Waals surface area contributed by atoms with Gasteiger partial charge in [0.1, 0.15) is 6.04 Å². The molecule has 0 aliphatic carbocycles. The van der Waals surface area contributed by atoms with Crippen molar-refractivity contribution in [2.24, 2.45) is 0 Å². The van der Waals surface area contributed by atoms with E-state index in [4.69, 9.17) is 9.84 Å². The molecule has 1 aliphatic rings. The van der Waals surface area contributed by atoms with Crippen LogP contribution in [0.3, 0.4) is 0 Å². The Kier molecular flexibility index (Phi) is 5.52. The number of aliphatic hydroxyl groups excluding tert-OH is 1. The Morgan fingerprint density at radius 2 is 2.15 bits per heavy atom. The van der Waals surface area contributed by atoms with Gasteiger partial charge in [-0.2, -0.15) is 0 Å². The second-order valence-electron chi connectivity index (χ2n) is 5.15. The van der Waals surface area contributed by atoms with Crippen molar-refractivity contribution in [2.75, 3.05) is 19.7 Å². The van der Waals surface area contributed by atoms with E-state index in [0.29, 0.717) is 19.6 Å². The molecule has 2 unspecified atom stereocenters. The average molecular weight is 279 g/mol. The normalized spacial score (nSPS) is 20.9. The fraction of sp³-hybridized carbons (Fsp3) is 0.533. The van der Waals surface area contributed by atoms with Crippen LogP contribution in [0.4, 0.5) is 0 Å². The third kappa shape index (κ3) is 4.30. The monoisotopic (exact) mass is 279 g/mol. The molecule has 2 rings (SSSR count). The Morgan fingerprint density at radius 3 is 2.85 bits per heavy atom. The zero-order valence-electron chi connectivity index (χ0n) is 11.4. The number of hydrogen-bond acceptors (Lipinski definition) is 4. The molecule has 1 saturated heterocycles. The maximum Gasteiger partial charge on any atom is 0.320 e. The number of carboxylic acid groups (broad SMARTS) is 1. The average Bonchev–Trinajstić information content (AvgIpc) is 2.88. The molecule has 0 radical (unpaired) electrons. The van der Waals surface area contributed by atoms with Gasteiger partial charge in [0, 0.05) is 6.54 Å². The van der Waals surface area contributed by atoms with Gasteiger partial charge in [-0.25, -0.2) is 0 Å². The van der Waals surface area contributed by atoms with Crippen LogP contribution in [0, 0.1) is 0 Å². The van der Waals surface area contributed by atoms with Crippen molar-refractivity contribution in [1.82, 2.24) is 4.90 Å². The molecule has 20 heavy (non-hydrogen) atoms. The molecule has 1 aromatic carbocycles. The first-order chi connectivity index (χ1) is 9.66. The summed E-state index contributed by atoms with van der Waals surface area (Å²) in [6, 6.07) is 9.30. The molecule has 5 nitrogen and oxygen atoms in total. The molecule has 110 valence electrons. The van der Waals surface area contributed by atoms with Crippen molar-refractivity contribution < 1.29 is 19.7 Å². The largest absolute Gasteiger partial charge is 0.480 e. The molecule has 2 atom stereocenters. The summed E-state index contributed by atoms with van der Waals surface area (Å²) in [7, 11) is 0. The summed E-state index contributed by atoms with van der Waals surface area (Å²) in [4.78, 5) is 12.9. The van der Waals surface area contributed by atoms with Gasteiger partial charge in [0.2, 0.25) is 0 Å². The fourth-order valence-corrected chi connectivity index (χ4v) is 2.53. The lowest BCUT2D eigenvalue weighted by molar-refractivity contribution is -0.142. The van der Waals surface area contributed by atoms with E-state index in [1.807, 2.05) is 35.2 Å². The Labute approximate surface area is 118 Å². The Balaban J connectivity index is 1.70. The molecule has 1 aromatic rings. The molecule has 1 aliphatic heterocycles. The predicted octanol–water partition coefficient (Wildman–Crippen LogP) is 1.11. The fourth-order valence-electron chi connectivity index (χ4n) is 2.53. The topological polar surface area (TPSA) is 70.0 Å². The van der Waals surface area contributed by atoms with Gasteiger partial charge in [0.05, 0.1) is 19.3 Å². The van der Waals surface area contributed by atoms with E-state index < -0.39 is 18.1 Å². The van der Waals surface area contributed by atoms with Gasteiger partial charge in [-0.05, 0) is 24.9 Å². The summed E-state index contributed by atoms with van der Waals surface area (Å²) in [5, 5.41) is 19.0. The van der Waals surface area contributed by atoms with Gasteiger partial charge in [0.15, 0.2) is 0 Å². The van der Waals surface area contributed by atoms with Gasteiger partial charge in [0.25, 0.3) is 0 Å². The molecular formula is C15H21NO4. The lowest BCUT2D eigenvalue weighted by atomic mass is 10.2. The zero-order chi connectivity index (χ0) is 14.4. The number of hydrogen-bond donors (Lipinski definition) is 2. The quantitative estimate of drug-likeness (QED) is 0.782. The highest BCUT2D eigenvalue weighted by Gasteiger charge is 2.31. The highest BCUT2D eigenvalue weighted by molar-refractivity contribution is 5.73. The van der Waals surface area contributed by atoms with Crippen LogP contribution >= 0.6 is 0 Å². The van der Waals surface area contributed by atoms with Gasteiger partial charge < -0.3 is 14.9 Å². The molecule has 1 fully saturated rings. The van der Waals surface area contributed by atoms with Crippen molar-refractivity contribution in [2.45, 2.75) is 31.6 Å². The third-order valence-electron chi connectivity index (χ3n) is 3.52. The van der Waals surface area contributed by atoms with Crippen molar-refractivity contribution in [1.29, 1.82) is 0 Å². The molecule has 2 N–H and O–H groups in total. The van der Waals surface area contributed by atoms with Crippen molar-refractivity contribution in [3.8, 4) is 0 Å².